The van der Waals surface area contributed by atoms with Gasteiger partial charge < -0.3 is 11.1 Å². The number of anilines is 3. The molecule has 0 aromatic heterocycles. The fourth-order valence-corrected chi connectivity index (χ4v) is 2.04. The molecule has 0 atom stereocenters. The lowest BCUT2D eigenvalue weighted by molar-refractivity contribution is 0.620. The van der Waals surface area contributed by atoms with Crippen LogP contribution in [0.1, 0.15) is 11.1 Å². The van der Waals surface area contributed by atoms with Gasteiger partial charge in [-0.15, -0.1) is 0 Å². The van der Waals surface area contributed by atoms with Gasteiger partial charge in [0.2, 0.25) is 0 Å². The van der Waals surface area contributed by atoms with Gasteiger partial charge >= 0.3 is 0 Å². The van der Waals surface area contributed by atoms with Gasteiger partial charge in [-0.05, 0) is 65.2 Å². The number of benzene rings is 2. The molecule has 2 aromatic rings. The third-order valence-electron chi connectivity index (χ3n) is 2.80. The number of nitrogen functional groups attached to an aromatic ring is 1. The van der Waals surface area contributed by atoms with Gasteiger partial charge in [0.25, 0.3) is 0 Å². The highest BCUT2D eigenvalue weighted by Crippen LogP contribution is 2.29. The summed E-state index contributed by atoms with van der Waals surface area (Å²) in [5.41, 5.74) is 10.2. The van der Waals surface area contributed by atoms with Crippen molar-refractivity contribution in [3.05, 3.63) is 51.7 Å². The monoisotopic (exact) mass is 308 g/mol. The van der Waals surface area contributed by atoms with Crippen LogP contribution in [0.25, 0.3) is 0 Å². The summed E-state index contributed by atoms with van der Waals surface area (Å²) in [6, 6.07) is 8.90. The number of nitrogens with one attached hydrogen (secondary N) is 1. The van der Waals surface area contributed by atoms with Gasteiger partial charge in [0.1, 0.15) is 5.82 Å². The second-order valence-corrected chi connectivity index (χ2v) is 5.13. The summed E-state index contributed by atoms with van der Waals surface area (Å²) >= 11 is 3.19. The lowest BCUT2D eigenvalue weighted by atomic mass is 10.1. The quantitative estimate of drug-likeness (QED) is 0.800. The number of halogens is 2. The van der Waals surface area contributed by atoms with E-state index in [1.807, 2.05) is 32.0 Å². The van der Waals surface area contributed by atoms with Gasteiger partial charge in [0, 0.05) is 17.1 Å². The molecule has 18 heavy (non-hydrogen) atoms. The van der Waals surface area contributed by atoms with Crippen LogP contribution in [0.4, 0.5) is 21.5 Å². The van der Waals surface area contributed by atoms with Crippen LogP contribution >= 0.6 is 15.9 Å². The molecule has 2 aromatic carbocycles. The Kier molecular flexibility index (Phi) is 3.57. The molecule has 4 heteroatoms. The van der Waals surface area contributed by atoms with E-state index in [4.69, 9.17) is 5.73 Å². The molecule has 2 nitrogen and oxygen atoms in total. The van der Waals surface area contributed by atoms with E-state index in [1.165, 1.54) is 6.07 Å². The molecular weight excluding hydrogens is 295 g/mol. The molecule has 2 rings (SSSR count). The second-order valence-electron chi connectivity index (χ2n) is 4.28. The average Bonchev–Trinajstić information content (AvgIpc) is 2.30. The molecule has 0 aliphatic rings. The Labute approximate surface area is 114 Å². The lowest BCUT2D eigenvalue weighted by Crippen LogP contribution is -1.98. The largest absolute Gasteiger partial charge is 0.399 e. The van der Waals surface area contributed by atoms with Gasteiger partial charge in [-0.25, -0.2) is 4.39 Å². The molecule has 3 N–H and O–H groups in total. The van der Waals surface area contributed by atoms with E-state index in [1.54, 1.807) is 6.07 Å². The first-order valence-electron chi connectivity index (χ1n) is 5.56. The molecule has 0 saturated heterocycles. The summed E-state index contributed by atoms with van der Waals surface area (Å²) in [7, 11) is 0. The van der Waals surface area contributed by atoms with Crippen LogP contribution in [0.3, 0.4) is 0 Å². The summed E-state index contributed by atoms with van der Waals surface area (Å²) in [4.78, 5) is 0. The fourth-order valence-electron chi connectivity index (χ4n) is 1.70. The standard InChI is InChI=1S/C14H14BrFN2/c1-8-3-4-10(17)6-13(8)18-14-7-11(15)12(16)5-9(14)2/h3-7,18H,17H2,1-2H3. The molecule has 0 fully saturated rings. The van der Waals surface area contributed by atoms with Gasteiger partial charge in [-0.3, -0.25) is 0 Å². The molecule has 94 valence electrons. The minimum absolute atomic E-state index is 0.262. The van der Waals surface area contributed by atoms with Crippen molar-refractivity contribution in [2.24, 2.45) is 0 Å². The average molecular weight is 309 g/mol. The molecule has 0 aliphatic heterocycles. The highest BCUT2D eigenvalue weighted by atomic mass is 79.9. The summed E-state index contributed by atoms with van der Waals surface area (Å²) < 4.78 is 13.8. The van der Waals surface area contributed by atoms with Crippen LogP contribution in [0.5, 0.6) is 0 Å². The number of hydrogen-bond donors (Lipinski definition) is 2. The SMILES string of the molecule is Cc1ccc(N)cc1Nc1cc(Br)c(F)cc1C. The first kappa shape index (κ1) is 12.9. The van der Waals surface area contributed by atoms with Crippen LogP contribution in [-0.2, 0) is 0 Å². The Morgan fingerprint density at radius 1 is 1.06 bits per heavy atom. The van der Waals surface area contributed by atoms with Gasteiger partial charge in [-0.2, -0.15) is 0 Å². The van der Waals surface area contributed by atoms with Gasteiger partial charge in [-0.1, -0.05) is 6.07 Å². The van der Waals surface area contributed by atoms with E-state index in [-0.39, 0.29) is 5.82 Å². The fraction of sp³-hybridized carbons (Fsp3) is 0.143. The Morgan fingerprint density at radius 3 is 2.44 bits per heavy atom. The van der Waals surface area contributed by atoms with Crippen molar-refractivity contribution in [1.82, 2.24) is 0 Å². The van der Waals surface area contributed by atoms with Crippen molar-refractivity contribution in [3.8, 4) is 0 Å². The zero-order valence-corrected chi connectivity index (χ0v) is 11.8. The Morgan fingerprint density at radius 2 is 1.72 bits per heavy atom. The molecular formula is C14H14BrFN2. The van der Waals surface area contributed by atoms with E-state index in [2.05, 4.69) is 21.2 Å². The first-order chi connectivity index (χ1) is 8.47. The van der Waals surface area contributed by atoms with Gasteiger partial charge in [0.05, 0.1) is 4.47 Å². The van der Waals surface area contributed by atoms with E-state index < -0.39 is 0 Å². The van der Waals surface area contributed by atoms with Crippen LogP contribution in [0.15, 0.2) is 34.8 Å². The van der Waals surface area contributed by atoms with Crippen molar-refractivity contribution >= 4 is 33.0 Å². The first-order valence-corrected chi connectivity index (χ1v) is 6.35. The molecule has 0 spiro atoms. The molecule has 0 bridgehead atoms. The predicted molar refractivity (Wildman–Crippen MR) is 77.7 cm³/mol. The van der Waals surface area contributed by atoms with Crippen molar-refractivity contribution < 1.29 is 4.39 Å². The van der Waals surface area contributed by atoms with Crippen molar-refractivity contribution in [3.63, 3.8) is 0 Å². The normalized spacial score (nSPS) is 10.4. The highest BCUT2D eigenvalue weighted by molar-refractivity contribution is 9.10. The molecule has 0 radical (unpaired) electrons. The zero-order valence-electron chi connectivity index (χ0n) is 10.2. The van der Waals surface area contributed by atoms with E-state index in [0.29, 0.717) is 10.2 Å². The predicted octanol–water partition coefficient (Wildman–Crippen LogP) is 4.53. The summed E-state index contributed by atoms with van der Waals surface area (Å²) in [6.45, 7) is 3.86. The zero-order chi connectivity index (χ0) is 13.3. The maximum atomic E-state index is 13.3. The van der Waals surface area contributed by atoms with Crippen molar-refractivity contribution in [1.29, 1.82) is 0 Å². The maximum absolute atomic E-state index is 13.3. The van der Waals surface area contributed by atoms with E-state index in [0.717, 1.165) is 22.5 Å². The van der Waals surface area contributed by atoms with Crippen LogP contribution in [-0.4, -0.2) is 0 Å². The third-order valence-corrected chi connectivity index (χ3v) is 3.41. The summed E-state index contributed by atoms with van der Waals surface area (Å²) in [5.74, 6) is -0.262. The molecule has 0 aliphatic carbocycles. The maximum Gasteiger partial charge on any atom is 0.137 e. The Hall–Kier alpha value is -1.55. The topological polar surface area (TPSA) is 38.0 Å². The molecule has 0 unspecified atom stereocenters. The Balaban J connectivity index is 2.40. The summed E-state index contributed by atoms with van der Waals surface area (Å²) in [6.07, 6.45) is 0. The van der Waals surface area contributed by atoms with Gasteiger partial charge in [0.15, 0.2) is 0 Å². The molecule has 0 amide bonds. The lowest BCUT2D eigenvalue weighted by Gasteiger charge is -2.13. The highest BCUT2D eigenvalue weighted by Gasteiger charge is 2.07. The molecule has 0 heterocycles. The smallest absolute Gasteiger partial charge is 0.137 e. The van der Waals surface area contributed by atoms with Crippen LogP contribution in [0, 0.1) is 19.7 Å². The minimum Gasteiger partial charge on any atom is -0.399 e. The van der Waals surface area contributed by atoms with Crippen LogP contribution < -0.4 is 11.1 Å². The van der Waals surface area contributed by atoms with Crippen LogP contribution in [0.2, 0.25) is 0 Å². The van der Waals surface area contributed by atoms with E-state index in [9.17, 15) is 4.39 Å². The van der Waals surface area contributed by atoms with Crippen molar-refractivity contribution in [2.75, 3.05) is 11.1 Å². The number of nitrogens with two attached hydrogens (primary N) is 1. The van der Waals surface area contributed by atoms with E-state index >= 15 is 0 Å². The third kappa shape index (κ3) is 2.64. The number of aryl methyl sites for hydroxylation is 2. The van der Waals surface area contributed by atoms with Crippen molar-refractivity contribution in [2.45, 2.75) is 13.8 Å². The molecule has 0 saturated carbocycles. The Bertz CT molecular complexity index is 597. The number of rotatable bonds is 2. The number of hydrogen-bond acceptors (Lipinski definition) is 2. The second kappa shape index (κ2) is 4.98. The summed E-state index contributed by atoms with van der Waals surface area (Å²) in [5, 5.41) is 3.27. The minimum atomic E-state index is -0.262.